The van der Waals surface area contributed by atoms with Gasteiger partial charge in [-0.15, -0.1) is 0 Å². The van der Waals surface area contributed by atoms with Gasteiger partial charge in [0.15, 0.2) is 0 Å². The lowest BCUT2D eigenvalue weighted by Gasteiger charge is -2.33. The number of carbonyl (C=O) groups excluding carboxylic acids is 7. The van der Waals surface area contributed by atoms with Crippen LogP contribution in [0.4, 0.5) is 5.69 Å². The number of aliphatic carboxylic acids is 3. The Morgan fingerprint density at radius 2 is 1.26 bits per heavy atom. The fourth-order valence-corrected chi connectivity index (χ4v) is 4.94. The van der Waals surface area contributed by atoms with Crippen molar-refractivity contribution >= 4 is 65.1 Å². The molecule has 0 fully saturated rings. The normalized spacial score (nSPS) is 12.8. The Labute approximate surface area is 307 Å². The predicted molar refractivity (Wildman–Crippen MR) is 180 cm³/mol. The molecule has 1 aromatic rings. The Kier molecular flexibility index (Phi) is 18.6. The number of carboxylic acids is 3. The third-order valence-corrected chi connectivity index (χ3v) is 7.36. The molecule has 1 aromatic carbocycles. The van der Waals surface area contributed by atoms with Crippen molar-refractivity contribution < 1.29 is 77.8 Å². The number of hydrogen-bond donors (Lipinski definition) is 6. The van der Waals surface area contributed by atoms with Crippen LogP contribution in [-0.4, -0.2) is 160 Å². The number of carboxylic acid groups (broad SMARTS) is 3. The van der Waals surface area contributed by atoms with Gasteiger partial charge in [-0.05, 0) is 24.1 Å². The molecule has 0 saturated heterocycles. The van der Waals surface area contributed by atoms with Gasteiger partial charge in [0.1, 0.15) is 13.2 Å². The third-order valence-electron chi connectivity index (χ3n) is 7.36. The van der Waals surface area contributed by atoms with E-state index in [0.717, 1.165) is 12.2 Å². The minimum atomic E-state index is -1.30. The molecule has 0 spiro atoms. The molecule has 1 unspecified atom stereocenters. The first-order chi connectivity index (χ1) is 25.6. The van der Waals surface area contributed by atoms with Gasteiger partial charge in [-0.1, -0.05) is 12.1 Å². The molecule has 1 heterocycles. The summed E-state index contributed by atoms with van der Waals surface area (Å²) in [5, 5.41) is 42.2. The highest BCUT2D eigenvalue weighted by Gasteiger charge is 2.30. The lowest BCUT2D eigenvalue weighted by Crippen LogP contribution is -2.50. The van der Waals surface area contributed by atoms with Gasteiger partial charge in [0.05, 0.1) is 45.6 Å². The zero-order chi connectivity index (χ0) is 40.2. The van der Waals surface area contributed by atoms with Crippen LogP contribution in [0.15, 0.2) is 36.4 Å². The molecule has 21 heteroatoms. The van der Waals surface area contributed by atoms with E-state index in [1.165, 1.54) is 21.9 Å². The predicted octanol–water partition coefficient (Wildman–Crippen LogP) is -2.40. The summed E-state index contributed by atoms with van der Waals surface area (Å²) in [6.07, 6.45) is 0.407. The Balaban J connectivity index is 1.76. The SMILES string of the molecule is O=C(O)CN(CCO)CC(Cc1ccc(NC(=O)CNC(=O)CCC(=O)OCCOC(=O)CCC(=O)N2C(=O)C=CC2=O)cc1)N(CC(=O)O)CC(=O)O. The molecular weight excluding hydrogens is 722 g/mol. The molecule has 6 N–H and O–H groups in total. The quantitative estimate of drug-likeness (QED) is 0.0344. The van der Waals surface area contributed by atoms with Crippen molar-refractivity contribution in [2.45, 2.75) is 38.1 Å². The fourth-order valence-electron chi connectivity index (χ4n) is 4.94. The second-order valence-corrected chi connectivity index (χ2v) is 11.6. The third kappa shape index (κ3) is 17.0. The van der Waals surface area contributed by atoms with Gasteiger partial charge in [-0.25, -0.2) is 4.90 Å². The van der Waals surface area contributed by atoms with E-state index in [0.29, 0.717) is 16.2 Å². The zero-order valence-electron chi connectivity index (χ0n) is 29.0. The van der Waals surface area contributed by atoms with Gasteiger partial charge in [-0.2, -0.15) is 0 Å². The number of anilines is 1. The molecule has 21 nitrogen and oxygen atoms in total. The number of esters is 2. The van der Waals surface area contributed by atoms with E-state index in [4.69, 9.17) is 9.47 Å². The van der Waals surface area contributed by atoms with Gasteiger partial charge < -0.3 is 40.5 Å². The number of hydrogen-bond acceptors (Lipinski definition) is 15. The second-order valence-electron chi connectivity index (χ2n) is 11.6. The minimum Gasteiger partial charge on any atom is -0.480 e. The highest BCUT2D eigenvalue weighted by molar-refractivity contribution is 6.22. The number of aliphatic hydroxyl groups is 1. The van der Waals surface area contributed by atoms with Crippen molar-refractivity contribution in [3.63, 3.8) is 0 Å². The summed E-state index contributed by atoms with van der Waals surface area (Å²) in [5.74, 6) is -9.14. The van der Waals surface area contributed by atoms with Crippen molar-refractivity contribution in [2.75, 3.05) is 64.4 Å². The lowest BCUT2D eigenvalue weighted by molar-refractivity contribution is -0.154. The monoisotopic (exact) mass is 763 g/mol. The van der Waals surface area contributed by atoms with Crippen molar-refractivity contribution in [3.05, 3.63) is 42.0 Å². The molecule has 5 amide bonds. The van der Waals surface area contributed by atoms with Crippen molar-refractivity contribution in [1.29, 1.82) is 0 Å². The topological polar surface area (TPSA) is 304 Å². The molecule has 0 aromatic heterocycles. The molecule has 54 heavy (non-hydrogen) atoms. The smallest absolute Gasteiger partial charge is 0.317 e. The number of amides is 5. The van der Waals surface area contributed by atoms with Crippen LogP contribution < -0.4 is 10.6 Å². The number of imide groups is 3. The van der Waals surface area contributed by atoms with Crippen LogP contribution in [0.25, 0.3) is 0 Å². The summed E-state index contributed by atoms with van der Waals surface area (Å²) in [7, 11) is 0. The lowest BCUT2D eigenvalue weighted by atomic mass is 10.0. The average Bonchev–Trinajstić information content (AvgIpc) is 3.44. The molecule has 0 radical (unpaired) electrons. The van der Waals surface area contributed by atoms with Crippen LogP contribution in [-0.2, 0) is 63.8 Å². The number of nitrogens with one attached hydrogen (secondary N) is 2. The molecule has 0 aliphatic carbocycles. The highest BCUT2D eigenvalue weighted by Crippen LogP contribution is 2.15. The van der Waals surface area contributed by atoms with Crippen LogP contribution in [0, 0.1) is 0 Å². The van der Waals surface area contributed by atoms with Crippen LogP contribution in [0.2, 0.25) is 0 Å². The first-order valence-corrected chi connectivity index (χ1v) is 16.4. The van der Waals surface area contributed by atoms with E-state index >= 15 is 0 Å². The molecular formula is C33H41N5O16. The minimum absolute atomic E-state index is 0.0517. The van der Waals surface area contributed by atoms with E-state index in [9.17, 15) is 68.4 Å². The Hall–Kier alpha value is -6.06. The molecule has 1 aliphatic heterocycles. The van der Waals surface area contributed by atoms with Gasteiger partial charge in [-0.3, -0.25) is 57.7 Å². The maximum atomic E-state index is 12.4. The first kappa shape index (κ1) is 44.1. The van der Waals surface area contributed by atoms with Crippen LogP contribution in [0.5, 0.6) is 0 Å². The number of nitrogens with zero attached hydrogens (tertiary/aromatic N) is 3. The number of aliphatic hydroxyl groups excluding tert-OH is 1. The van der Waals surface area contributed by atoms with Crippen LogP contribution >= 0.6 is 0 Å². The van der Waals surface area contributed by atoms with Gasteiger partial charge >= 0.3 is 29.8 Å². The number of carbonyl (C=O) groups is 10. The Bertz CT molecular complexity index is 1560. The molecule has 2 rings (SSSR count). The van der Waals surface area contributed by atoms with E-state index in [-0.39, 0.29) is 52.2 Å². The number of ether oxygens (including phenoxy) is 2. The highest BCUT2D eigenvalue weighted by atomic mass is 16.6. The van der Waals surface area contributed by atoms with Gasteiger partial charge in [0, 0.05) is 49.8 Å². The van der Waals surface area contributed by atoms with Gasteiger partial charge in [0.25, 0.3) is 11.8 Å². The van der Waals surface area contributed by atoms with Crippen molar-refractivity contribution in [1.82, 2.24) is 20.0 Å². The number of rotatable bonds is 25. The summed E-state index contributed by atoms with van der Waals surface area (Å²) in [6.45, 7) is -3.41. The maximum absolute atomic E-state index is 12.4. The van der Waals surface area contributed by atoms with Crippen LogP contribution in [0.1, 0.15) is 31.2 Å². The average molecular weight is 764 g/mol. The van der Waals surface area contributed by atoms with Gasteiger partial charge in [0.2, 0.25) is 17.7 Å². The number of benzene rings is 1. The maximum Gasteiger partial charge on any atom is 0.317 e. The van der Waals surface area contributed by atoms with Crippen molar-refractivity contribution in [3.8, 4) is 0 Å². The summed E-state index contributed by atoms with van der Waals surface area (Å²) in [5.41, 5.74) is 0.913. The molecule has 1 aliphatic rings. The molecule has 0 bridgehead atoms. The largest absolute Gasteiger partial charge is 0.480 e. The standard InChI is InChI=1S/C33H41N5O16/c39-12-11-36(18-29(45)46)17-23(37(19-30(47)48)20-31(49)50)15-21-1-3-22(4-2-21)35-25(41)16-34-24(40)5-9-32(51)53-13-14-54-33(52)10-8-28(44)38-26(42)6-7-27(38)43/h1-4,6-7,23,39H,5,8-20H2,(H,34,40)(H,35,41)(H,45,46)(H,47,48)(H,49,50). The second kappa shape index (κ2) is 22.8. The summed E-state index contributed by atoms with van der Waals surface area (Å²) >= 11 is 0. The molecule has 294 valence electrons. The Morgan fingerprint density at radius 3 is 1.78 bits per heavy atom. The summed E-state index contributed by atoms with van der Waals surface area (Å²) < 4.78 is 9.69. The van der Waals surface area contributed by atoms with E-state index in [1.54, 1.807) is 12.1 Å². The van der Waals surface area contributed by atoms with E-state index < -0.39 is 104 Å². The Morgan fingerprint density at radius 1 is 0.722 bits per heavy atom. The van der Waals surface area contributed by atoms with Crippen LogP contribution in [0.3, 0.4) is 0 Å². The van der Waals surface area contributed by atoms with E-state index in [1.807, 2.05) is 0 Å². The fraction of sp³-hybridized carbons (Fsp3) is 0.455. The zero-order valence-corrected chi connectivity index (χ0v) is 29.0. The van der Waals surface area contributed by atoms with E-state index in [2.05, 4.69) is 10.6 Å². The summed E-state index contributed by atoms with van der Waals surface area (Å²) in [4.78, 5) is 120. The molecule has 1 atom stereocenters. The first-order valence-electron chi connectivity index (χ1n) is 16.4. The van der Waals surface area contributed by atoms with Crippen molar-refractivity contribution in [2.24, 2.45) is 0 Å². The molecule has 0 saturated carbocycles. The summed E-state index contributed by atoms with van der Waals surface area (Å²) in [6, 6.07) is 5.40.